The number of rotatable bonds is 8. The van der Waals surface area contributed by atoms with Crippen molar-refractivity contribution < 1.29 is 27.6 Å². The van der Waals surface area contributed by atoms with E-state index in [2.05, 4.69) is 10.4 Å². The van der Waals surface area contributed by atoms with Crippen molar-refractivity contribution in [3.63, 3.8) is 0 Å². The lowest BCUT2D eigenvalue weighted by Crippen LogP contribution is -2.40. The van der Waals surface area contributed by atoms with Gasteiger partial charge in [-0.3, -0.25) is 14.4 Å². The minimum Gasteiger partial charge on any atom is -0.352 e. The summed E-state index contributed by atoms with van der Waals surface area (Å²) in [5.41, 5.74) is -0.774. The van der Waals surface area contributed by atoms with Gasteiger partial charge in [0.1, 0.15) is 0 Å². The molecule has 0 aliphatic carbocycles. The van der Waals surface area contributed by atoms with Gasteiger partial charge in [0, 0.05) is 43.7 Å². The van der Waals surface area contributed by atoms with Crippen molar-refractivity contribution >= 4 is 17.6 Å². The van der Waals surface area contributed by atoms with Gasteiger partial charge in [-0.15, -0.1) is 0 Å². The highest BCUT2D eigenvalue weighted by atomic mass is 19.4. The molecule has 2 amide bonds. The number of hydrogen-bond donors (Lipinski definition) is 1. The first-order valence-electron chi connectivity index (χ1n) is 12.1. The lowest BCUT2D eigenvalue weighted by Gasteiger charge is -2.31. The molecule has 1 fully saturated rings. The maximum Gasteiger partial charge on any atom is 0.435 e. The van der Waals surface area contributed by atoms with E-state index in [9.17, 15) is 27.6 Å². The van der Waals surface area contributed by atoms with E-state index in [4.69, 9.17) is 0 Å². The zero-order valence-electron chi connectivity index (χ0n) is 20.1. The third-order valence-corrected chi connectivity index (χ3v) is 6.38. The molecule has 0 atom stereocenters. The number of benzene rings is 2. The van der Waals surface area contributed by atoms with Crippen molar-refractivity contribution in [1.82, 2.24) is 20.0 Å². The Morgan fingerprint density at radius 1 is 0.946 bits per heavy atom. The SMILES string of the molecule is O=C(NCCCC(=O)N1CCC(C(=O)c2ccccc2)CC1)c1cn(-c2ccccc2)nc1C(F)(F)F. The van der Waals surface area contributed by atoms with Crippen LogP contribution in [0.3, 0.4) is 0 Å². The fourth-order valence-corrected chi connectivity index (χ4v) is 4.39. The van der Waals surface area contributed by atoms with Crippen LogP contribution in [0, 0.1) is 5.92 Å². The number of carbonyl (C=O) groups excluding carboxylic acids is 3. The van der Waals surface area contributed by atoms with Gasteiger partial charge >= 0.3 is 6.18 Å². The Morgan fingerprint density at radius 3 is 2.19 bits per heavy atom. The molecule has 0 radical (unpaired) electrons. The summed E-state index contributed by atoms with van der Waals surface area (Å²) >= 11 is 0. The number of alkyl halides is 3. The van der Waals surface area contributed by atoms with Crippen molar-refractivity contribution in [3.8, 4) is 5.69 Å². The Bertz CT molecular complexity index is 1230. The predicted octanol–water partition coefficient (Wildman–Crippen LogP) is 4.52. The number of hydrogen-bond acceptors (Lipinski definition) is 4. The van der Waals surface area contributed by atoms with Crippen LogP contribution in [0.5, 0.6) is 0 Å². The molecule has 194 valence electrons. The van der Waals surface area contributed by atoms with E-state index in [1.165, 1.54) is 0 Å². The molecule has 4 rings (SSSR count). The van der Waals surface area contributed by atoms with Crippen LogP contribution >= 0.6 is 0 Å². The molecule has 3 aromatic rings. The van der Waals surface area contributed by atoms with E-state index in [1.807, 2.05) is 18.2 Å². The Morgan fingerprint density at radius 2 is 1.57 bits per heavy atom. The van der Waals surface area contributed by atoms with Crippen LogP contribution in [0.2, 0.25) is 0 Å². The van der Waals surface area contributed by atoms with Crippen molar-refractivity contribution in [1.29, 1.82) is 0 Å². The maximum absolute atomic E-state index is 13.5. The number of carbonyl (C=O) groups is 3. The summed E-state index contributed by atoms with van der Waals surface area (Å²) in [6.07, 6.45) is -2.14. The Hall–Kier alpha value is -3.95. The van der Waals surface area contributed by atoms with Crippen molar-refractivity contribution in [3.05, 3.63) is 83.7 Å². The average Bonchev–Trinajstić information content (AvgIpc) is 3.38. The van der Waals surface area contributed by atoms with Crippen LogP contribution in [-0.2, 0) is 11.0 Å². The number of para-hydroxylation sites is 1. The minimum absolute atomic E-state index is 0.0430. The van der Waals surface area contributed by atoms with Crippen molar-refractivity contribution in [2.45, 2.75) is 31.9 Å². The fourth-order valence-electron chi connectivity index (χ4n) is 4.39. The summed E-state index contributed by atoms with van der Waals surface area (Å²) < 4.78 is 41.5. The topological polar surface area (TPSA) is 84.3 Å². The number of amides is 2. The number of piperidine rings is 1. The number of nitrogens with zero attached hydrogens (tertiary/aromatic N) is 3. The van der Waals surface area contributed by atoms with E-state index in [0.29, 0.717) is 37.2 Å². The summed E-state index contributed by atoms with van der Waals surface area (Å²) in [6, 6.07) is 17.3. The molecule has 1 aromatic heterocycles. The second-order valence-electron chi connectivity index (χ2n) is 8.91. The number of aromatic nitrogens is 2. The van der Waals surface area contributed by atoms with Gasteiger partial charge < -0.3 is 10.2 Å². The molecule has 0 spiro atoms. The van der Waals surface area contributed by atoms with E-state index in [0.717, 1.165) is 10.9 Å². The molecule has 1 aliphatic rings. The summed E-state index contributed by atoms with van der Waals surface area (Å²) in [5, 5.41) is 6.04. The second kappa shape index (κ2) is 11.4. The molecular formula is C27H27F3N4O3. The van der Waals surface area contributed by atoms with Crippen LogP contribution in [0.25, 0.3) is 5.69 Å². The maximum atomic E-state index is 13.5. The Balaban J connectivity index is 1.26. The monoisotopic (exact) mass is 512 g/mol. The van der Waals surface area contributed by atoms with Crippen LogP contribution in [0.1, 0.15) is 52.1 Å². The van der Waals surface area contributed by atoms with Gasteiger partial charge in [0.05, 0.1) is 11.3 Å². The first-order chi connectivity index (χ1) is 17.7. The van der Waals surface area contributed by atoms with E-state index in [1.54, 1.807) is 47.4 Å². The summed E-state index contributed by atoms with van der Waals surface area (Å²) in [6.45, 7) is 0.992. The molecular weight excluding hydrogens is 485 g/mol. The smallest absolute Gasteiger partial charge is 0.352 e. The summed E-state index contributed by atoms with van der Waals surface area (Å²) in [4.78, 5) is 39.4. The second-order valence-corrected chi connectivity index (χ2v) is 8.91. The molecule has 0 unspecified atom stereocenters. The molecule has 2 heterocycles. The summed E-state index contributed by atoms with van der Waals surface area (Å²) in [7, 11) is 0. The van der Waals surface area contributed by atoms with Gasteiger partial charge in [0.25, 0.3) is 5.91 Å². The van der Waals surface area contributed by atoms with Gasteiger partial charge in [-0.05, 0) is 31.4 Å². The quantitative estimate of drug-likeness (QED) is 0.355. The molecule has 7 nitrogen and oxygen atoms in total. The van der Waals surface area contributed by atoms with Gasteiger partial charge in [-0.2, -0.15) is 18.3 Å². The van der Waals surface area contributed by atoms with Gasteiger partial charge in [-0.1, -0.05) is 48.5 Å². The first-order valence-corrected chi connectivity index (χ1v) is 12.1. The van der Waals surface area contributed by atoms with E-state index >= 15 is 0 Å². The molecule has 1 N–H and O–H groups in total. The number of Topliss-reactive ketones (excluding diaryl/α,β-unsaturated/α-hetero) is 1. The van der Waals surface area contributed by atoms with E-state index < -0.39 is 23.3 Å². The molecule has 0 saturated carbocycles. The highest BCUT2D eigenvalue weighted by Crippen LogP contribution is 2.31. The number of halogens is 3. The fraction of sp³-hybridized carbons (Fsp3) is 0.333. The number of likely N-dealkylation sites (tertiary alicyclic amines) is 1. The van der Waals surface area contributed by atoms with Crippen LogP contribution in [-0.4, -0.2) is 51.9 Å². The third kappa shape index (κ3) is 6.44. The predicted molar refractivity (Wildman–Crippen MR) is 130 cm³/mol. The number of ketones is 1. The largest absolute Gasteiger partial charge is 0.435 e. The highest BCUT2D eigenvalue weighted by molar-refractivity contribution is 5.98. The average molecular weight is 513 g/mol. The zero-order valence-corrected chi connectivity index (χ0v) is 20.1. The molecule has 1 saturated heterocycles. The van der Waals surface area contributed by atoms with Crippen molar-refractivity contribution in [2.24, 2.45) is 5.92 Å². The summed E-state index contributed by atoms with van der Waals surface area (Å²) in [5.74, 6) is -1.04. The lowest BCUT2D eigenvalue weighted by atomic mass is 9.89. The molecule has 0 bridgehead atoms. The highest BCUT2D eigenvalue weighted by Gasteiger charge is 2.39. The minimum atomic E-state index is -4.79. The number of nitrogens with one attached hydrogen (secondary N) is 1. The molecule has 1 aliphatic heterocycles. The van der Waals surface area contributed by atoms with Crippen LogP contribution in [0.4, 0.5) is 13.2 Å². The van der Waals surface area contributed by atoms with Crippen LogP contribution < -0.4 is 5.32 Å². The zero-order chi connectivity index (χ0) is 26.4. The van der Waals surface area contributed by atoms with Gasteiger partial charge in [0.15, 0.2) is 11.5 Å². The van der Waals surface area contributed by atoms with E-state index in [-0.39, 0.29) is 37.0 Å². The lowest BCUT2D eigenvalue weighted by molar-refractivity contribution is -0.141. The standard InChI is InChI=1S/C27H27F3N4O3/c28-27(29,30)25-22(18-34(32-25)21-10-5-2-6-11-21)26(37)31-15-7-12-23(35)33-16-13-20(14-17-33)24(36)19-8-3-1-4-9-19/h1-6,8-11,18,20H,7,12-17H2,(H,31,37). The molecule has 2 aromatic carbocycles. The normalized spacial score (nSPS) is 14.4. The Labute approximate surface area is 212 Å². The Kier molecular flexibility index (Phi) is 8.05. The first kappa shape index (κ1) is 26.1. The van der Waals surface area contributed by atoms with Gasteiger partial charge in [0.2, 0.25) is 5.91 Å². The molecule has 37 heavy (non-hydrogen) atoms. The van der Waals surface area contributed by atoms with Gasteiger partial charge in [-0.25, -0.2) is 4.68 Å². The van der Waals surface area contributed by atoms with Crippen LogP contribution in [0.15, 0.2) is 66.9 Å². The third-order valence-electron chi connectivity index (χ3n) is 6.38. The molecule has 10 heteroatoms. The van der Waals surface area contributed by atoms with Crippen molar-refractivity contribution in [2.75, 3.05) is 19.6 Å².